The molecule has 1 amide bonds. The van der Waals surface area contributed by atoms with Gasteiger partial charge in [-0.2, -0.15) is 0 Å². The number of hydrogen-bond acceptors (Lipinski definition) is 4. The third-order valence-electron chi connectivity index (χ3n) is 5.89. The molecule has 1 aromatic rings. The maximum absolute atomic E-state index is 13.2. The summed E-state index contributed by atoms with van der Waals surface area (Å²) >= 11 is 6.17. The van der Waals surface area contributed by atoms with Gasteiger partial charge in [-0.1, -0.05) is 23.7 Å². The van der Waals surface area contributed by atoms with E-state index in [2.05, 4.69) is 28.2 Å². The topological polar surface area (TPSA) is 44.8 Å². The number of likely N-dealkylation sites (tertiary alicyclic amines) is 2. The summed E-state index contributed by atoms with van der Waals surface area (Å²) in [5, 5.41) is 3.89. The zero-order valence-electron chi connectivity index (χ0n) is 15.8. The Bertz CT molecular complexity index is 627. The summed E-state index contributed by atoms with van der Waals surface area (Å²) in [4.78, 5) is 18.0. The molecule has 0 spiro atoms. The Morgan fingerprint density at radius 3 is 3.00 bits per heavy atom. The molecule has 0 aliphatic carbocycles. The summed E-state index contributed by atoms with van der Waals surface area (Å²) in [7, 11) is 3.81. The fourth-order valence-electron chi connectivity index (χ4n) is 4.51. The Morgan fingerprint density at radius 1 is 1.38 bits per heavy atom. The van der Waals surface area contributed by atoms with Gasteiger partial charge in [-0.3, -0.25) is 9.69 Å². The molecule has 144 valence electrons. The fourth-order valence-corrected chi connectivity index (χ4v) is 4.72. The van der Waals surface area contributed by atoms with Crippen LogP contribution in [0.15, 0.2) is 24.3 Å². The predicted octanol–water partition coefficient (Wildman–Crippen LogP) is 2.39. The molecule has 6 heteroatoms. The monoisotopic (exact) mass is 379 g/mol. The van der Waals surface area contributed by atoms with Crippen molar-refractivity contribution in [2.24, 2.45) is 5.41 Å². The number of nitrogens with one attached hydrogen (secondary N) is 1. The molecular formula is C20H30ClN3O2. The van der Waals surface area contributed by atoms with E-state index in [1.807, 2.05) is 18.2 Å². The van der Waals surface area contributed by atoms with Crippen LogP contribution in [0.1, 0.15) is 24.8 Å². The number of rotatable bonds is 6. The van der Waals surface area contributed by atoms with Crippen molar-refractivity contribution in [2.75, 3.05) is 46.9 Å². The van der Waals surface area contributed by atoms with Crippen LogP contribution in [0.25, 0.3) is 0 Å². The van der Waals surface area contributed by atoms with Crippen LogP contribution in [0.4, 0.5) is 0 Å². The number of carbonyl (C=O) groups excluding carboxylic acids is 1. The van der Waals surface area contributed by atoms with E-state index in [0.717, 1.165) is 50.5 Å². The van der Waals surface area contributed by atoms with E-state index in [4.69, 9.17) is 16.3 Å². The highest BCUT2D eigenvalue weighted by molar-refractivity contribution is 6.30. The number of ether oxygens (including phenoxy) is 1. The first-order chi connectivity index (χ1) is 12.5. The average molecular weight is 380 g/mol. The van der Waals surface area contributed by atoms with Crippen molar-refractivity contribution in [3.8, 4) is 0 Å². The van der Waals surface area contributed by atoms with Crippen molar-refractivity contribution in [3.05, 3.63) is 34.9 Å². The van der Waals surface area contributed by atoms with E-state index in [1.54, 1.807) is 7.11 Å². The van der Waals surface area contributed by atoms with Gasteiger partial charge < -0.3 is 15.0 Å². The molecule has 2 aliphatic heterocycles. The lowest BCUT2D eigenvalue weighted by atomic mass is 9.67. The minimum Gasteiger partial charge on any atom is -0.383 e. The molecule has 0 saturated carbocycles. The van der Waals surface area contributed by atoms with Crippen LogP contribution in [0, 0.1) is 5.41 Å². The summed E-state index contributed by atoms with van der Waals surface area (Å²) in [5.74, 6) is 0.198. The standard InChI is InChI=1S/C20H30ClN3O2/c1-23-11-8-20(19(25)22-9-12-26-2)7-4-10-24(18(20)15-23)14-16-5-3-6-17(21)13-16/h3,5-6,13,18H,4,7-12,14-15H2,1-2H3,(H,22,25)/t18-,20+/m0/s1. The van der Waals surface area contributed by atoms with E-state index in [-0.39, 0.29) is 17.4 Å². The van der Waals surface area contributed by atoms with Crippen LogP contribution in [0.5, 0.6) is 0 Å². The van der Waals surface area contributed by atoms with Crippen LogP contribution in [0.2, 0.25) is 5.02 Å². The number of carbonyl (C=O) groups is 1. The third kappa shape index (κ3) is 4.22. The molecule has 0 bridgehead atoms. The minimum absolute atomic E-state index is 0.198. The van der Waals surface area contributed by atoms with Gasteiger partial charge in [0.2, 0.25) is 5.91 Å². The highest BCUT2D eigenvalue weighted by Gasteiger charge is 2.51. The normalized spacial score (nSPS) is 27.1. The van der Waals surface area contributed by atoms with Gasteiger partial charge in [-0.15, -0.1) is 0 Å². The number of benzene rings is 1. The summed E-state index contributed by atoms with van der Waals surface area (Å²) in [6.45, 7) is 4.90. The maximum Gasteiger partial charge on any atom is 0.227 e. The molecule has 26 heavy (non-hydrogen) atoms. The Labute approximate surface area is 161 Å². The van der Waals surface area contributed by atoms with Crippen LogP contribution in [-0.2, 0) is 16.1 Å². The molecule has 5 nitrogen and oxygen atoms in total. The largest absolute Gasteiger partial charge is 0.383 e. The van der Waals surface area contributed by atoms with Gasteiger partial charge in [-0.05, 0) is 57.1 Å². The lowest BCUT2D eigenvalue weighted by Crippen LogP contribution is -2.65. The van der Waals surface area contributed by atoms with Crippen LogP contribution < -0.4 is 5.32 Å². The summed E-state index contributed by atoms with van der Waals surface area (Å²) in [6, 6.07) is 8.29. The number of amides is 1. The van der Waals surface area contributed by atoms with E-state index >= 15 is 0 Å². The van der Waals surface area contributed by atoms with E-state index < -0.39 is 0 Å². The second kappa shape index (κ2) is 8.70. The second-order valence-electron chi connectivity index (χ2n) is 7.64. The molecule has 0 unspecified atom stereocenters. The molecule has 2 saturated heterocycles. The van der Waals surface area contributed by atoms with Gasteiger partial charge in [-0.25, -0.2) is 0 Å². The molecule has 1 aromatic carbocycles. The van der Waals surface area contributed by atoms with Crippen molar-refractivity contribution in [2.45, 2.75) is 31.8 Å². The first kappa shape index (κ1) is 19.6. The van der Waals surface area contributed by atoms with Crippen molar-refractivity contribution in [3.63, 3.8) is 0 Å². The summed E-state index contributed by atoms with van der Waals surface area (Å²) in [5.41, 5.74) is 0.915. The molecule has 3 rings (SSSR count). The molecule has 1 N–H and O–H groups in total. The molecule has 0 radical (unpaired) electrons. The third-order valence-corrected chi connectivity index (χ3v) is 6.12. The molecule has 0 aromatic heterocycles. The van der Waals surface area contributed by atoms with Gasteiger partial charge in [0.15, 0.2) is 0 Å². The minimum atomic E-state index is -0.295. The fraction of sp³-hybridized carbons (Fsp3) is 0.650. The predicted molar refractivity (Wildman–Crippen MR) is 104 cm³/mol. The van der Waals surface area contributed by atoms with Crippen LogP contribution in [-0.4, -0.2) is 68.7 Å². The number of methoxy groups -OCH3 is 1. The maximum atomic E-state index is 13.2. The molecule has 2 heterocycles. The molecule has 2 fully saturated rings. The van der Waals surface area contributed by atoms with Gasteiger partial charge >= 0.3 is 0 Å². The van der Waals surface area contributed by atoms with Crippen molar-refractivity contribution in [1.29, 1.82) is 0 Å². The zero-order chi connectivity index (χ0) is 18.6. The highest BCUT2D eigenvalue weighted by atomic mass is 35.5. The average Bonchev–Trinajstić information content (AvgIpc) is 2.62. The first-order valence-corrected chi connectivity index (χ1v) is 9.87. The smallest absolute Gasteiger partial charge is 0.227 e. The van der Waals surface area contributed by atoms with Crippen LogP contribution >= 0.6 is 11.6 Å². The van der Waals surface area contributed by atoms with Crippen LogP contribution in [0.3, 0.4) is 0 Å². The van der Waals surface area contributed by atoms with Gasteiger partial charge in [0, 0.05) is 37.8 Å². The zero-order valence-corrected chi connectivity index (χ0v) is 16.6. The Morgan fingerprint density at radius 2 is 2.23 bits per heavy atom. The molecule has 2 aliphatic rings. The number of likely N-dealkylation sites (N-methyl/N-ethyl adjacent to an activating group) is 1. The summed E-state index contributed by atoms with van der Waals surface area (Å²) < 4.78 is 5.10. The summed E-state index contributed by atoms with van der Waals surface area (Å²) in [6.07, 6.45) is 2.94. The number of nitrogens with zero attached hydrogens (tertiary/aromatic N) is 2. The lowest BCUT2D eigenvalue weighted by molar-refractivity contribution is -0.145. The number of halogens is 1. The number of fused-ring (bicyclic) bond motifs is 1. The SMILES string of the molecule is COCCNC(=O)[C@@]12CCCN(Cc3cccc(Cl)c3)[C@H]1CN(C)CC2. The number of hydrogen-bond donors (Lipinski definition) is 1. The quantitative estimate of drug-likeness (QED) is 0.771. The van der Waals surface area contributed by atoms with E-state index in [9.17, 15) is 4.79 Å². The molecular weight excluding hydrogens is 350 g/mol. The second-order valence-corrected chi connectivity index (χ2v) is 8.07. The Hall–Kier alpha value is -1.14. The highest BCUT2D eigenvalue weighted by Crippen LogP contribution is 2.43. The Balaban J connectivity index is 1.79. The van der Waals surface area contributed by atoms with Gasteiger partial charge in [0.25, 0.3) is 0 Å². The Kier molecular flexibility index (Phi) is 6.56. The van der Waals surface area contributed by atoms with E-state index in [0.29, 0.717) is 13.2 Å². The molecule has 2 atom stereocenters. The van der Waals surface area contributed by atoms with Gasteiger partial charge in [0.1, 0.15) is 0 Å². The van der Waals surface area contributed by atoms with Crippen molar-refractivity contribution in [1.82, 2.24) is 15.1 Å². The lowest BCUT2D eigenvalue weighted by Gasteiger charge is -2.53. The number of piperidine rings is 2. The van der Waals surface area contributed by atoms with E-state index in [1.165, 1.54) is 5.56 Å². The van der Waals surface area contributed by atoms with Crippen molar-refractivity contribution >= 4 is 17.5 Å². The van der Waals surface area contributed by atoms with Crippen molar-refractivity contribution < 1.29 is 9.53 Å². The first-order valence-electron chi connectivity index (χ1n) is 9.49. The van der Waals surface area contributed by atoms with Gasteiger partial charge in [0.05, 0.1) is 12.0 Å².